The van der Waals surface area contributed by atoms with Gasteiger partial charge < -0.3 is 20.3 Å². The molecule has 2 aromatic rings. The molecule has 1 aliphatic rings. The molecule has 7 nitrogen and oxygen atoms in total. The Labute approximate surface area is 213 Å². The third-order valence-corrected chi connectivity index (χ3v) is 5.96. The van der Waals surface area contributed by atoms with Gasteiger partial charge in [0.2, 0.25) is 5.91 Å². The van der Waals surface area contributed by atoms with E-state index in [2.05, 4.69) is 18.8 Å². The number of hydrogen-bond acceptors (Lipinski definition) is 6. The van der Waals surface area contributed by atoms with Crippen LogP contribution in [0, 0.1) is 0 Å². The highest BCUT2D eigenvalue weighted by molar-refractivity contribution is 6.05. The summed E-state index contributed by atoms with van der Waals surface area (Å²) in [6.45, 7) is 5.83. The number of hydrogen-bond donors (Lipinski definition) is 1. The summed E-state index contributed by atoms with van der Waals surface area (Å²) in [6.07, 6.45) is 9.23. The molecule has 2 aromatic carbocycles. The summed E-state index contributed by atoms with van der Waals surface area (Å²) in [5.74, 6) is 0.408. The molecule has 0 unspecified atom stereocenters. The summed E-state index contributed by atoms with van der Waals surface area (Å²) in [6, 6.07) is 11.5. The second-order valence-electron chi connectivity index (χ2n) is 8.90. The van der Waals surface area contributed by atoms with Gasteiger partial charge in [0.1, 0.15) is 12.1 Å². The first-order valence-electron chi connectivity index (χ1n) is 12.3. The van der Waals surface area contributed by atoms with Crippen molar-refractivity contribution in [2.24, 2.45) is 10.7 Å². The molecule has 0 atom stereocenters. The summed E-state index contributed by atoms with van der Waals surface area (Å²) >= 11 is 0. The number of aldehydes is 2. The zero-order chi connectivity index (χ0) is 26.1. The molecule has 0 radical (unpaired) electrons. The number of rotatable bonds is 11. The Kier molecular flexibility index (Phi) is 9.33. The van der Waals surface area contributed by atoms with Crippen LogP contribution < -0.4 is 5.73 Å². The van der Waals surface area contributed by atoms with Crippen molar-refractivity contribution in [3.63, 3.8) is 0 Å². The predicted octanol–water partition coefficient (Wildman–Crippen LogP) is 4.69. The Morgan fingerprint density at radius 3 is 2.39 bits per heavy atom. The Balaban J connectivity index is 1.97. The van der Waals surface area contributed by atoms with E-state index in [-0.39, 0.29) is 12.5 Å². The van der Waals surface area contributed by atoms with Crippen LogP contribution in [0.15, 0.2) is 53.2 Å². The molecule has 7 heteroatoms. The minimum atomic E-state index is 0.00852. The van der Waals surface area contributed by atoms with Crippen molar-refractivity contribution in [1.82, 2.24) is 9.80 Å². The summed E-state index contributed by atoms with van der Waals surface area (Å²) < 4.78 is 0. The molecular weight excluding hydrogens is 452 g/mol. The second kappa shape index (κ2) is 12.6. The van der Waals surface area contributed by atoms with Crippen LogP contribution in [-0.2, 0) is 9.59 Å². The maximum Gasteiger partial charge on any atom is 0.250 e. The number of aliphatic imine (C=N–C) groups is 1. The van der Waals surface area contributed by atoms with E-state index in [0.29, 0.717) is 42.2 Å². The van der Waals surface area contributed by atoms with Gasteiger partial charge in [0.15, 0.2) is 6.29 Å². The van der Waals surface area contributed by atoms with E-state index in [0.717, 1.165) is 47.7 Å². The van der Waals surface area contributed by atoms with Gasteiger partial charge in [0.25, 0.3) is 0 Å². The number of fused-ring (bicyclic) bond motifs is 1. The van der Waals surface area contributed by atoms with E-state index in [1.807, 2.05) is 47.4 Å². The minimum Gasteiger partial charge on any atom is -0.387 e. The van der Waals surface area contributed by atoms with Crippen molar-refractivity contribution < 1.29 is 14.4 Å². The predicted molar refractivity (Wildman–Crippen MR) is 146 cm³/mol. The lowest BCUT2D eigenvalue weighted by atomic mass is 9.97. The molecule has 188 valence electrons. The van der Waals surface area contributed by atoms with Crippen LogP contribution in [0.4, 0.5) is 5.69 Å². The van der Waals surface area contributed by atoms with Crippen molar-refractivity contribution >= 4 is 42.2 Å². The van der Waals surface area contributed by atoms with Crippen molar-refractivity contribution in [2.75, 3.05) is 26.7 Å². The average molecular weight is 487 g/mol. The van der Waals surface area contributed by atoms with E-state index in [1.54, 1.807) is 24.2 Å². The lowest BCUT2D eigenvalue weighted by molar-refractivity contribution is -0.127. The molecular formula is C29H34N4O3. The largest absolute Gasteiger partial charge is 0.387 e. The molecule has 3 rings (SSSR count). The van der Waals surface area contributed by atoms with Gasteiger partial charge in [-0.05, 0) is 60.0 Å². The van der Waals surface area contributed by atoms with Crippen LogP contribution in [0.25, 0.3) is 23.3 Å². The molecule has 1 heterocycles. The Morgan fingerprint density at radius 2 is 1.72 bits per heavy atom. The van der Waals surface area contributed by atoms with Crippen molar-refractivity contribution in [1.29, 1.82) is 0 Å². The number of carbonyl (C=O) groups excluding carboxylic acids is 3. The Bertz CT molecular complexity index is 1210. The van der Waals surface area contributed by atoms with Gasteiger partial charge in [-0.25, -0.2) is 4.99 Å². The molecule has 2 N–H and O–H groups in total. The first-order valence-corrected chi connectivity index (χ1v) is 12.3. The normalized spacial score (nSPS) is 12.9. The second-order valence-corrected chi connectivity index (χ2v) is 8.90. The van der Waals surface area contributed by atoms with Crippen LogP contribution in [-0.4, -0.2) is 60.8 Å². The van der Waals surface area contributed by atoms with Crippen molar-refractivity contribution in [3.8, 4) is 11.1 Å². The van der Waals surface area contributed by atoms with Crippen LogP contribution in [0.3, 0.4) is 0 Å². The number of likely N-dealkylation sites (N-methyl/N-ethyl adjacent to an activating group) is 1. The number of carbonyl (C=O) groups is 3. The van der Waals surface area contributed by atoms with Gasteiger partial charge in [0, 0.05) is 43.3 Å². The fourth-order valence-corrected chi connectivity index (χ4v) is 4.16. The molecule has 0 spiro atoms. The van der Waals surface area contributed by atoms with Crippen molar-refractivity contribution in [2.45, 2.75) is 33.1 Å². The van der Waals surface area contributed by atoms with Gasteiger partial charge in [-0.2, -0.15) is 0 Å². The summed E-state index contributed by atoms with van der Waals surface area (Å²) in [5, 5.41) is 0. The SMILES string of the molecule is CCCN(CCC)C(=O)C1=Cc2ccc(-c3ccc(C=O)c(/C=C\N(C)CC=O)c3)cc2N=C(N)C1. The summed E-state index contributed by atoms with van der Waals surface area (Å²) in [4.78, 5) is 43.7. The van der Waals surface area contributed by atoms with Crippen LogP contribution in [0.2, 0.25) is 0 Å². The molecule has 0 saturated carbocycles. The van der Waals surface area contributed by atoms with Crippen LogP contribution in [0.1, 0.15) is 54.6 Å². The highest BCUT2D eigenvalue weighted by Crippen LogP contribution is 2.33. The number of nitrogens with zero attached hydrogens (tertiary/aromatic N) is 3. The first-order chi connectivity index (χ1) is 17.4. The maximum absolute atomic E-state index is 13.2. The third-order valence-electron chi connectivity index (χ3n) is 5.96. The number of benzene rings is 2. The zero-order valence-electron chi connectivity index (χ0n) is 21.2. The third kappa shape index (κ3) is 6.56. The standard InChI is InChI=1S/C29H34N4O3/c1-4-11-33(12-5-2)29(36)26-17-24-8-6-22(18-27(24)31-28(30)19-26)21-7-9-25(20-35)23(16-21)10-13-32(3)14-15-34/h6-10,13,15-18,20H,4-5,11-12,14,19H2,1-3H3,(H2,30,31)/b13-10-. The van der Waals surface area contributed by atoms with E-state index >= 15 is 0 Å². The fraction of sp³-hybridized carbons (Fsp3) is 0.310. The molecule has 0 aliphatic carbocycles. The molecule has 0 bridgehead atoms. The van der Waals surface area contributed by atoms with Gasteiger partial charge in [-0.1, -0.05) is 38.1 Å². The van der Waals surface area contributed by atoms with Gasteiger partial charge in [-0.15, -0.1) is 0 Å². The Morgan fingerprint density at radius 1 is 1.03 bits per heavy atom. The smallest absolute Gasteiger partial charge is 0.250 e. The number of amides is 1. The number of amidine groups is 1. The summed E-state index contributed by atoms with van der Waals surface area (Å²) in [5.41, 5.74) is 11.6. The lowest BCUT2D eigenvalue weighted by Crippen LogP contribution is -2.34. The molecule has 1 amide bonds. The minimum absolute atomic E-state index is 0.00852. The highest BCUT2D eigenvalue weighted by Gasteiger charge is 2.21. The lowest BCUT2D eigenvalue weighted by Gasteiger charge is -2.22. The van der Waals surface area contributed by atoms with Gasteiger partial charge in [0.05, 0.1) is 12.2 Å². The monoisotopic (exact) mass is 486 g/mol. The molecule has 0 aromatic heterocycles. The molecule has 36 heavy (non-hydrogen) atoms. The highest BCUT2D eigenvalue weighted by atomic mass is 16.2. The summed E-state index contributed by atoms with van der Waals surface area (Å²) in [7, 11) is 1.79. The Hall–Kier alpha value is -4.00. The molecule has 0 saturated heterocycles. The van der Waals surface area contributed by atoms with E-state index < -0.39 is 0 Å². The van der Waals surface area contributed by atoms with Crippen LogP contribution in [0.5, 0.6) is 0 Å². The first kappa shape index (κ1) is 26.6. The molecule has 1 aliphatic heterocycles. The van der Waals surface area contributed by atoms with Crippen LogP contribution >= 0.6 is 0 Å². The maximum atomic E-state index is 13.2. The van der Waals surface area contributed by atoms with E-state index in [4.69, 9.17) is 5.73 Å². The quantitative estimate of drug-likeness (QED) is 0.465. The number of nitrogens with two attached hydrogens (primary N) is 1. The molecule has 0 fully saturated rings. The topological polar surface area (TPSA) is 96.1 Å². The van der Waals surface area contributed by atoms with Crippen molar-refractivity contribution in [3.05, 3.63) is 64.9 Å². The van der Waals surface area contributed by atoms with E-state index in [9.17, 15) is 14.4 Å². The fourth-order valence-electron chi connectivity index (χ4n) is 4.16. The van der Waals surface area contributed by atoms with Gasteiger partial charge in [-0.3, -0.25) is 9.59 Å². The zero-order valence-corrected chi connectivity index (χ0v) is 21.2. The van der Waals surface area contributed by atoms with E-state index in [1.165, 1.54) is 0 Å². The average Bonchev–Trinajstić information content (AvgIpc) is 3.04. The van der Waals surface area contributed by atoms with Gasteiger partial charge >= 0.3 is 0 Å².